The molecule has 4 rings (SSSR count). The van der Waals surface area contributed by atoms with Gasteiger partial charge in [0.2, 0.25) is 11.8 Å². The van der Waals surface area contributed by atoms with Crippen LogP contribution in [0.5, 0.6) is 0 Å². The van der Waals surface area contributed by atoms with Gasteiger partial charge in [0, 0.05) is 19.2 Å². The summed E-state index contributed by atoms with van der Waals surface area (Å²) in [5, 5.41) is 15.5. The van der Waals surface area contributed by atoms with Crippen LogP contribution in [0.2, 0.25) is 0 Å². The number of hydrogen-bond acceptors (Lipinski definition) is 6. The molecular weight excluding hydrogens is 395 g/mol. The van der Waals surface area contributed by atoms with Crippen molar-refractivity contribution in [3.8, 4) is 0 Å². The molecular formula is C23H25FN6O. The van der Waals surface area contributed by atoms with E-state index in [0.29, 0.717) is 18.9 Å². The lowest BCUT2D eigenvalue weighted by Gasteiger charge is -2.21. The van der Waals surface area contributed by atoms with Gasteiger partial charge in [0.25, 0.3) is 0 Å². The Balaban J connectivity index is 1.36. The summed E-state index contributed by atoms with van der Waals surface area (Å²) in [5.41, 5.74) is 2.15. The molecule has 7 nitrogen and oxygen atoms in total. The highest BCUT2D eigenvalue weighted by molar-refractivity contribution is 5.88. The zero-order valence-electron chi connectivity index (χ0n) is 17.8. The molecule has 0 fully saturated rings. The Morgan fingerprint density at radius 3 is 2.61 bits per heavy atom. The van der Waals surface area contributed by atoms with Crippen LogP contribution in [-0.2, 0) is 23.7 Å². The number of rotatable bonds is 7. The predicted octanol–water partition coefficient (Wildman–Crippen LogP) is 4.99. The Kier molecular flexibility index (Phi) is 5.79. The zero-order chi connectivity index (χ0) is 21.8. The number of nitrogens with zero attached hydrogens (tertiary/aromatic N) is 5. The highest BCUT2D eigenvalue weighted by atomic mass is 19.1. The molecule has 1 aliphatic rings. The number of nitrogens with one attached hydrogen (secondary N) is 1. The second-order valence-electron chi connectivity index (χ2n) is 7.68. The Morgan fingerprint density at radius 1 is 1.13 bits per heavy atom. The molecule has 0 bridgehead atoms. The van der Waals surface area contributed by atoms with Crippen LogP contribution in [0.15, 0.2) is 76.2 Å². The molecule has 2 atom stereocenters. The Bertz CT molecular complexity index is 1090. The van der Waals surface area contributed by atoms with E-state index < -0.39 is 5.54 Å². The summed E-state index contributed by atoms with van der Waals surface area (Å²) in [5.74, 6) is 0.895. The van der Waals surface area contributed by atoms with Crippen LogP contribution in [0.25, 0.3) is 0 Å². The Morgan fingerprint density at radius 2 is 1.87 bits per heavy atom. The van der Waals surface area contributed by atoms with Gasteiger partial charge in [-0.1, -0.05) is 47.6 Å². The van der Waals surface area contributed by atoms with E-state index in [1.807, 2.05) is 42.9 Å². The van der Waals surface area contributed by atoms with E-state index in [-0.39, 0.29) is 11.9 Å². The van der Waals surface area contributed by atoms with Crippen molar-refractivity contribution in [1.82, 2.24) is 9.55 Å². The average molecular weight is 420 g/mol. The lowest BCUT2D eigenvalue weighted by atomic mass is 9.93. The minimum Gasteiger partial charge on any atom is -0.477 e. The second kappa shape index (κ2) is 8.67. The molecule has 2 aromatic carbocycles. The maximum Gasteiger partial charge on any atom is 0.245 e. The van der Waals surface area contributed by atoms with E-state index in [4.69, 9.17) is 4.74 Å². The van der Waals surface area contributed by atoms with Gasteiger partial charge in [-0.25, -0.2) is 9.37 Å². The smallest absolute Gasteiger partial charge is 0.245 e. The molecule has 0 spiro atoms. The van der Waals surface area contributed by atoms with Gasteiger partial charge < -0.3 is 14.6 Å². The van der Waals surface area contributed by atoms with Gasteiger partial charge in [0.05, 0.1) is 18.8 Å². The summed E-state index contributed by atoms with van der Waals surface area (Å²) in [6, 6.07) is 16.5. The minimum absolute atomic E-state index is 0.138. The van der Waals surface area contributed by atoms with Crippen molar-refractivity contribution in [3.63, 3.8) is 0 Å². The first-order valence-electron chi connectivity index (χ1n) is 10.2. The van der Waals surface area contributed by atoms with Crippen molar-refractivity contribution < 1.29 is 9.13 Å². The summed E-state index contributed by atoms with van der Waals surface area (Å²) < 4.78 is 21.2. The van der Waals surface area contributed by atoms with Crippen LogP contribution < -0.4 is 5.32 Å². The maximum atomic E-state index is 13.3. The fourth-order valence-electron chi connectivity index (χ4n) is 3.50. The molecule has 0 amide bonds. The Hall–Kier alpha value is -3.55. The number of anilines is 1. The first-order valence-corrected chi connectivity index (χ1v) is 10.2. The third-order valence-electron chi connectivity index (χ3n) is 5.53. The van der Waals surface area contributed by atoms with Crippen molar-refractivity contribution >= 4 is 11.8 Å². The minimum atomic E-state index is -0.849. The van der Waals surface area contributed by atoms with Gasteiger partial charge in [-0.3, -0.25) is 0 Å². The van der Waals surface area contributed by atoms with Gasteiger partial charge in [0.1, 0.15) is 5.82 Å². The molecule has 1 aliphatic heterocycles. The molecule has 31 heavy (non-hydrogen) atoms. The van der Waals surface area contributed by atoms with Crippen LogP contribution in [-0.4, -0.2) is 22.1 Å². The van der Waals surface area contributed by atoms with Gasteiger partial charge in [0.15, 0.2) is 5.54 Å². The maximum absolute atomic E-state index is 13.3. The second-order valence-corrected chi connectivity index (χ2v) is 7.68. The van der Waals surface area contributed by atoms with Crippen LogP contribution in [0, 0.1) is 5.82 Å². The molecule has 0 saturated carbocycles. The molecule has 1 unspecified atom stereocenters. The molecule has 1 aromatic heterocycles. The Labute approximate surface area is 180 Å². The first-order chi connectivity index (χ1) is 15.0. The number of ether oxygens (including phenoxy) is 1. The SMILES string of the molecule is CC(Nc1ncc(CCOC2=NN=N[C@@]2(C)c2ccc(F)cc2)n1C)c1ccccc1. The van der Waals surface area contributed by atoms with E-state index in [1.165, 1.54) is 17.7 Å². The molecule has 0 saturated heterocycles. The number of hydrogen-bond donors (Lipinski definition) is 1. The van der Waals surface area contributed by atoms with Gasteiger partial charge in [-0.15, -0.1) is 5.11 Å². The molecule has 160 valence electrons. The third-order valence-corrected chi connectivity index (χ3v) is 5.53. The van der Waals surface area contributed by atoms with Gasteiger partial charge in [-0.2, -0.15) is 0 Å². The van der Waals surface area contributed by atoms with E-state index in [2.05, 4.69) is 44.8 Å². The summed E-state index contributed by atoms with van der Waals surface area (Å²) in [6.45, 7) is 4.36. The number of benzene rings is 2. The quantitative estimate of drug-likeness (QED) is 0.585. The van der Waals surface area contributed by atoms with E-state index >= 15 is 0 Å². The van der Waals surface area contributed by atoms with Crippen molar-refractivity contribution in [3.05, 3.63) is 83.4 Å². The lowest BCUT2D eigenvalue weighted by molar-refractivity contribution is 0.280. The van der Waals surface area contributed by atoms with Crippen molar-refractivity contribution in [2.24, 2.45) is 22.5 Å². The largest absolute Gasteiger partial charge is 0.477 e. The van der Waals surface area contributed by atoms with Crippen LogP contribution >= 0.6 is 0 Å². The van der Waals surface area contributed by atoms with Crippen molar-refractivity contribution in [1.29, 1.82) is 0 Å². The predicted molar refractivity (Wildman–Crippen MR) is 117 cm³/mol. The normalized spacial score (nSPS) is 18.6. The summed E-state index contributed by atoms with van der Waals surface area (Å²) in [4.78, 5) is 4.51. The molecule has 0 aliphatic carbocycles. The molecule has 8 heteroatoms. The average Bonchev–Trinajstić information content (AvgIpc) is 3.33. The number of aromatic nitrogens is 2. The standard InChI is InChI=1S/C23H25FN6O/c1-16(17-7-5-4-6-8-17)26-22-25-15-20(30(22)3)13-14-31-21-23(2,28-29-27-21)18-9-11-19(24)12-10-18/h4-12,15-16H,13-14H2,1-3H3,(H,25,26)/t16?,23-/m0/s1. The fraction of sp³-hybridized carbons (Fsp3) is 0.304. The summed E-state index contributed by atoms with van der Waals surface area (Å²) >= 11 is 0. The highest BCUT2D eigenvalue weighted by Crippen LogP contribution is 2.32. The summed E-state index contributed by atoms with van der Waals surface area (Å²) in [7, 11) is 1.97. The van der Waals surface area contributed by atoms with Crippen LogP contribution in [0.1, 0.15) is 36.7 Å². The fourth-order valence-corrected chi connectivity index (χ4v) is 3.50. The number of imidazole rings is 1. The molecule has 0 radical (unpaired) electrons. The topological polar surface area (TPSA) is 76.2 Å². The molecule has 3 aromatic rings. The van der Waals surface area contributed by atoms with E-state index in [9.17, 15) is 4.39 Å². The first kappa shape index (κ1) is 20.7. The van der Waals surface area contributed by atoms with Gasteiger partial charge in [-0.05, 0) is 42.3 Å². The lowest BCUT2D eigenvalue weighted by Crippen LogP contribution is -2.30. The van der Waals surface area contributed by atoms with Crippen molar-refractivity contribution in [2.45, 2.75) is 31.8 Å². The van der Waals surface area contributed by atoms with Crippen LogP contribution in [0.4, 0.5) is 10.3 Å². The zero-order valence-corrected chi connectivity index (χ0v) is 17.8. The molecule has 2 heterocycles. The van der Waals surface area contributed by atoms with E-state index in [0.717, 1.165) is 17.2 Å². The van der Waals surface area contributed by atoms with Crippen LogP contribution in [0.3, 0.4) is 0 Å². The third kappa shape index (κ3) is 4.33. The monoisotopic (exact) mass is 420 g/mol. The number of halogens is 1. The summed E-state index contributed by atoms with van der Waals surface area (Å²) in [6.07, 6.45) is 2.48. The van der Waals surface area contributed by atoms with Crippen molar-refractivity contribution in [2.75, 3.05) is 11.9 Å². The van der Waals surface area contributed by atoms with Gasteiger partial charge >= 0.3 is 0 Å². The highest BCUT2D eigenvalue weighted by Gasteiger charge is 2.38. The van der Waals surface area contributed by atoms with E-state index in [1.54, 1.807) is 12.1 Å². The molecule has 1 N–H and O–H groups in total.